The number of halogens is 4. The zero-order valence-electron chi connectivity index (χ0n) is 2.63. The molecule has 0 rings (SSSR count). The molecule has 0 saturated carbocycles. The van der Waals surface area contributed by atoms with Crippen LogP contribution in [0.25, 0.3) is 0 Å². The molecular formula is CH2Cl4W. The predicted molar refractivity (Wildman–Crippen MR) is 30.5 cm³/mol. The molecule has 0 unspecified atom stereocenters. The summed E-state index contributed by atoms with van der Waals surface area (Å²) < 4.78 is 0. The van der Waals surface area contributed by atoms with E-state index in [0.29, 0.717) is 0 Å². The second-order valence-corrected chi connectivity index (χ2v) is 36.5. The van der Waals surface area contributed by atoms with E-state index in [1.807, 2.05) is 0 Å². The summed E-state index contributed by atoms with van der Waals surface area (Å²) in [7, 11) is 16.6. The van der Waals surface area contributed by atoms with E-state index in [1.54, 1.807) is 0 Å². The topological polar surface area (TPSA) is 0 Å². The van der Waals surface area contributed by atoms with Gasteiger partial charge in [0.05, 0.1) is 0 Å². The van der Waals surface area contributed by atoms with Crippen molar-refractivity contribution in [2.24, 2.45) is 0 Å². The van der Waals surface area contributed by atoms with Gasteiger partial charge in [0.15, 0.2) is 0 Å². The van der Waals surface area contributed by atoms with Crippen molar-refractivity contribution in [3.05, 3.63) is 0 Å². The van der Waals surface area contributed by atoms with Gasteiger partial charge in [-0.25, -0.2) is 0 Å². The van der Waals surface area contributed by atoms with E-state index in [0.717, 1.165) is 0 Å². The summed E-state index contributed by atoms with van der Waals surface area (Å²) in [5.74, 6) is 0. The van der Waals surface area contributed by atoms with Crippen molar-refractivity contribution in [2.75, 3.05) is 0 Å². The number of hydrogen-bond donors (Lipinski definition) is 0. The SMILES string of the molecule is [CH2]=[W]([Cl])([Cl])([Cl])[Cl]. The van der Waals surface area contributed by atoms with Crippen LogP contribution in [0.1, 0.15) is 0 Å². The van der Waals surface area contributed by atoms with E-state index in [-0.39, 0.29) is 0 Å². The van der Waals surface area contributed by atoms with Gasteiger partial charge >= 0.3 is 52.8 Å². The molecule has 0 aliphatic heterocycles. The molecule has 0 aromatic rings. The normalized spacial score (nSPS) is 19.0. The maximum atomic E-state index is 5.18. The molecule has 40 valence electrons. The van der Waals surface area contributed by atoms with Crippen LogP contribution in [0.5, 0.6) is 0 Å². The molecular weight excluding hydrogens is 338 g/mol. The molecule has 0 bridgehead atoms. The van der Waals surface area contributed by atoms with E-state index >= 15 is 0 Å². The standard InChI is InChI=1S/CH2.4ClH.W/h1H2;4*1H;/q;;;;;+4/p-4. The molecule has 0 amide bonds. The quantitative estimate of drug-likeness (QED) is 0.636. The number of hydrogen-bond acceptors (Lipinski definition) is 0. The van der Waals surface area contributed by atoms with Gasteiger partial charge in [0, 0.05) is 0 Å². The first-order chi connectivity index (χ1) is 2.24. The Morgan fingerprint density at radius 1 is 1.00 bits per heavy atom. The Kier molecular flexibility index (Phi) is 2.06. The Hall–Kier alpha value is 1.72. The van der Waals surface area contributed by atoms with E-state index in [9.17, 15) is 0 Å². The fraction of sp³-hybridized carbons (Fsp3) is 0. The van der Waals surface area contributed by atoms with Gasteiger partial charge in [-0.1, -0.05) is 0 Å². The van der Waals surface area contributed by atoms with Gasteiger partial charge in [-0.2, -0.15) is 0 Å². The van der Waals surface area contributed by atoms with Gasteiger partial charge in [-0.05, 0) is 0 Å². The van der Waals surface area contributed by atoms with Crippen molar-refractivity contribution in [2.45, 2.75) is 0 Å². The molecule has 6 heavy (non-hydrogen) atoms. The van der Waals surface area contributed by atoms with Crippen LogP contribution in [0.4, 0.5) is 0 Å². The van der Waals surface area contributed by atoms with Crippen LogP contribution < -0.4 is 0 Å². The van der Waals surface area contributed by atoms with E-state index in [4.69, 9.17) is 37.7 Å². The Morgan fingerprint density at radius 3 is 1.00 bits per heavy atom. The second-order valence-electron chi connectivity index (χ2n) is 0.786. The monoisotopic (exact) mass is 338 g/mol. The Balaban J connectivity index is 4.16. The predicted octanol–water partition coefficient (Wildman–Crippen LogP) is 2.72. The summed E-state index contributed by atoms with van der Waals surface area (Å²) in [4.78, 5) is 3.17. The van der Waals surface area contributed by atoms with Gasteiger partial charge < -0.3 is 0 Å². The fourth-order valence-corrected chi connectivity index (χ4v) is 0. The van der Waals surface area contributed by atoms with E-state index in [2.05, 4.69) is 4.90 Å². The Bertz CT molecular complexity index is 85.2. The van der Waals surface area contributed by atoms with Crippen molar-refractivity contribution in [1.29, 1.82) is 0 Å². The number of rotatable bonds is 0. The van der Waals surface area contributed by atoms with Crippen LogP contribution in [0, 0.1) is 0 Å². The van der Waals surface area contributed by atoms with Crippen molar-refractivity contribution in [1.82, 2.24) is 0 Å². The molecule has 0 aliphatic rings. The van der Waals surface area contributed by atoms with Crippen LogP contribution in [0.2, 0.25) is 0 Å². The Labute approximate surface area is 52.4 Å². The van der Waals surface area contributed by atoms with Crippen LogP contribution in [-0.4, -0.2) is 4.90 Å². The maximum absolute atomic E-state index is 5.18. The zero-order chi connectivity index (χ0) is 5.45. The molecule has 0 aromatic carbocycles. The van der Waals surface area contributed by atoms with Crippen LogP contribution in [0.3, 0.4) is 0 Å². The van der Waals surface area contributed by atoms with Crippen molar-refractivity contribution < 1.29 is 10.2 Å². The summed E-state index contributed by atoms with van der Waals surface area (Å²) in [5, 5.41) is 0. The van der Waals surface area contributed by atoms with Crippen molar-refractivity contribution in [3.8, 4) is 0 Å². The van der Waals surface area contributed by atoms with E-state index in [1.165, 1.54) is 0 Å². The van der Waals surface area contributed by atoms with Crippen LogP contribution in [0.15, 0.2) is 0 Å². The Morgan fingerprint density at radius 2 is 1.00 bits per heavy atom. The molecule has 0 atom stereocenters. The van der Waals surface area contributed by atoms with E-state index < -0.39 is 10.2 Å². The van der Waals surface area contributed by atoms with Gasteiger partial charge in [-0.15, -0.1) is 0 Å². The summed E-state index contributed by atoms with van der Waals surface area (Å²) in [6.07, 6.45) is 0. The summed E-state index contributed by atoms with van der Waals surface area (Å²) in [6.45, 7) is 0. The minimum atomic E-state index is -4.11. The fourth-order valence-electron chi connectivity index (χ4n) is 0. The van der Waals surface area contributed by atoms with Gasteiger partial charge in [0.25, 0.3) is 0 Å². The van der Waals surface area contributed by atoms with Gasteiger partial charge in [-0.3, -0.25) is 0 Å². The summed E-state index contributed by atoms with van der Waals surface area (Å²) in [5.41, 5.74) is 0. The molecule has 0 fully saturated rings. The summed E-state index contributed by atoms with van der Waals surface area (Å²) in [6, 6.07) is 0. The zero-order valence-corrected chi connectivity index (χ0v) is 8.58. The first-order valence-electron chi connectivity index (χ1n) is 0.906. The van der Waals surface area contributed by atoms with Crippen molar-refractivity contribution in [3.63, 3.8) is 0 Å². The first-order valence-corrected chi connectivity index (χ1v) is 17.5. The third-order valence-corrected chi connectivity index (χ3v) is 0. The first kappa shape index (κ1) is 7.72. The second kappa shape index (κ2) is 1.60. The summed E-state index contributed by atoms with van der Waals surface area (Å²) >= 11 is 0. The molecule has 0 radical (unpaired) electrons. The molecule has 0 heterocycles. The molecule has 0 spiro atoms. The molecule has 0 aromatic heterocycles. The average molecular weight is 340 g/mol. The van der Waals surface area contributed by atoms with Crippen LogP contribution >= 0.6 is 37.7 Å². The third-order valence-electron chi connectivity index (χ3n) is 0. The third kappa shape index (κ3) is 43.1. The molecule has 0 aliphatic carbocycles. The van der Waals surface area contributed by atoms with Crippen molar-refractivity contribution >= 4 is 42.6 Å². The molecule has 0 nitrogen and oxygen atoms in total. The average Bonchev–Trinajstić information content (AvgIpc) is 0.650. The molecule has 0 saturated heterocycles. The van der Waals surface area contributed by atoms with Gasteiger partial charge in [0.1, 0.15) is 0 Å². The van der Waals surface area contributed by atoms with Gasteiger partial charge in [0.2, 0.25) is 0 Å². The van der Waals surface area contributed by atoms with Crippen LogP contribution in [-0.2, 0) is 10.2 Å². The molecule has 0 N–H and O–H groups in total. The molecule has 5 heteroatoms. The minimum absolute atomic E-state index is 3.17.